The monoisotopic (exact) mass is 473 g/mol. The third kappa shape index (κ3) is 4.11. The summed E-state index contributed by atoms with van der Waals surface area (Å²) in [6, 6.07) is 25.2. The molecule has 0 fully saturated rings. The minimum absolute atomic E-state index is 0.496. The van der Waals surface area contributed by atoms with Crippen LogP contribution in [0.25, 0.3) is 28.0 Å². The lowest BCUT2D eigenvalue weighted by molar-refractivity contribution is 0.486. The SMILES string of the molecule is CC(N)(Cc1ncnc2c(-c3ccc(Cl)cc3)n(-c3ccccc3Cl)nc12)c1ccccc1. The molecule has 0 saturated carbocycles. The highest BCUT2D eigenvalue weighted by Crippen LogP contribution is 2.34. The fraction of sp³-hybridized carbons (Fsp3) is 0.115. The fourth-order valence-electron chi connectivity index (χ4n) is 4.01. The second-order valence-corrected chi connectivity index (χ2v) is 9.04. The van der Waals surface area contributed by atoms with Crippen LogP contribution in [0.1, 0.15) is 18.2 Å². The molecular weight excluding hydrogens is 453 g/mol. The summed E-state index contributed by atoms with van der Waals surface area (Å²) in [7, 11) is 0. The van der Waals surface area contributed by atoms with Gasteiger partial charge in [0.05, 0.1) is 16.4 Å². The Morgan fingerprint density at radius 3 is 2.27 bits per heavy atom. The maximum absolute atomic E-state index is 6.74. The van der Waals surface area contributed by atoms with Gasteiger partial charge in [0.25, 0.3) is 0 Å². The summed E-state index contributed by atoms with van der Waals surface area (Å²) in [5, 5.41) is 6.18. The van der Waals surface area contributed by atoms with E-state index in [1.807, 2.05) is 90.5 Å². The Balaban J connectivity index is 1.72. The van der Waals surface area contributed by atoms with Crippen LogP contribution in [0.5, 0.6) is 0 Å². The molecule has 0 radical (unpaired) electrons. The molecule has 0 aliphatic heterocycles. The number of fused-ring (bicyclic) bond motifs is 1. The van der Waals surface area contributed by atoms with Crippen LogP contribution in [-0.4, -0.2) is 19.7 Å². The number of hydrogen-bond acceptors (Lipinski definition) is 4. The van der Waals surface area contributed by atoms with Crippen molar-refractivity contribution in [3.63, 3.8) is 0 Å². The lowest BCUT2D eigenvalue weighted by atomic mass is 9.88. The van der Waals surface area contributed by atoms with Crippen LogP contribution in [-0.2, 0) is 12.0 Å². The van der Waals surface area contributed by atoms with Crippen LogP contribution in [0.3, 0.4) is 0 Å². The van der Waals surface area contributed by atoms with Gasteiger partial charge in [-0.3, -0.25) is 0 Å². The highest BCUT2D eigenvalue weighted by molar-refractivity contribution is 6.32. The largest absolute Gasteiger partial charge is 0.321 e. The van der Waals surface area contributed by atoms with E-state index in [4.69, 9.17) is 34.0 Å². The lowest BCUT2D eigenvalue weighted by Crippen LogP contribution is -2.35. The molecule has 2 heterocycles. The van der Waals surface area contributed by atoms with Crippen molar-refractivity contribution in [1.82, 2.24) is 19.7 Å². The summed E-state index contributed by atoms with van der Waals surface area (Å²) in [5.74, 6) is 0. The van der Waals surface area contributed by atoms with Gasteiger partial charge in [0.15, 0.2) is 0 Å². The number of nitrogens with zero attached hydrogens (tertiary/aromatic N) is 4. The molecule has 0 aliphatic carbocycles. The average molecular weight is 474 g/mol. The molecule has 7 heteroatoms. The van der Waals surface area contributed by atoms with Gasteiger partial charge in [-0.15, -0.1) is 0 Å². The number of aromatic nitrogens is 4. The van der Waals surface area contributed by atoms with Crippen molar-refractivity contribution < 1.29 is 0 Å². The first-order valence-electron chi connectivity index (χ1n) is 10.5. The second kappa shape index (κ2) is 8.60. The van der Waals surface area contributed by atoms with Gasteiger partial charge in [-0.25, -0.2) is 14.6 Å². The predicted octanol–water partition coefficient (Wildman–Crippen LogP) is 6.21. The highest BCUT2D eigenvalue weighted by Gasteiger charge is 2.26. The van der Waals surface area contributed by atoms with Gasteiger partial charge in [0.1, 0.15) is 23.1 Å². The van der Waals surface area contributed by atoms with Crippen LogP contribution in [0.15, 0.2) is 85.2 Å². The van der Waals surface area contributed by atoms with Crippen molar-refractivity contribution in [3.05, 3.63) is 106 Å². The van der Waals surface area contributed by atoms with E-state index in [0.717, 1.165) is 33.7 Å². The molecule has 0 saturated heterocycles. The lowest BCUT2D eigenvalue weighted by Gasteiger charge is -2.24. The Morgan fingerprint density at radius 2 is 1.55 bits per heavy atom. The van der Waals surface area contributed by atoms with Gasteiger partial charge in [-0.2, -0.15) is 5.10 Å². The zero-order chi connectivity index (χ0) is 23.0. The van der Waals surface area contributed by atoms with E-state index < -0.39 is 5.54 Å². The number of rotatable bonds is 5. The Kier molecular flexibility index (Phi) is 5.62. The van der Waals surface area contributed by atoms with E-state index in [9.17, 15) is 0 Å². The van der Waals surface area contributed by atoms with Gasteiger partial charge >= 0.3 is 0 Å². The van der Waals surface area contributed by atoms with Gasteiger partial charge in [0, 0.05) is 22.5 Å². The molecule has 0 aliphatic rings. The molecule has 164 valence electrons. The summed E-state index contributed by atoms with van der Waals surface area (Å²) >= 11 is 12.7. The third-order valence-electron chi connectivity index (χ3n) is 5.70. The molecule has 3 aromatic carbocycles. The van der Waals surface area contributed by atoms with Crippen LogP contribution >= 0.6 is 23.2 Å². The Morgan fingerprint density at radius 1 is 0.848 bits per heavy atom. The number of hydrogen-bond donors (Lipinski definition) is 1. The van der Waals surface area contributed by atoms with Crippen LogP contribution in [0.4, 0.5) is 0 Å². The van der Waals surface area contributed by atoms with E-state index in [-0.39, 0.29) is 0 Å². The number of halogens is 2. The average Bonchev–Trinajstić information content (AvgIpc) is 3.21. The normalized spacial score (nSPS) is 13.2. The molecule has 5 rings (SSSR count). The molecule has 0 spiro atoms. The first-order valence-corrected chi connectivity index (χ1v) is 11.3. The van der Waals surface area contributed by atoms with Crippen molar-refractivity contribution in [1.29, 1.82) is 0 Å². The molecule has 2 N–H and O–H groups in total. The van der Waals surface area contributed by atoms with E-state index in [0.29, 0.717) is 22.0 Å². The summed E-state index contributed by atoms with van der Waals surface area (Å²) in [4.78, 5) is 9.18. The molecule has 33 heavy (non-hydrogen) atoms. The Bertz CT molecular complexity index is 1430. The fourth-order valence-corrected chi connectivity index (χ4v) is 4.35. The minimum Gasteiger partial charge on any atom is -0.321 e. The molecule has 2 aromatic heterocycles. The van der Waals surface area contributed by atoms with Gasteiger partial charge in [0.2, 0.25) is 0 Å². The molecular formula is C26H21Cl2N5. The summed E-state index contributed by atoms with van der Waals surface area (Å²) in [6.45, 7) is 2.00. The van der Waals surface area contributed by atoms with Crippen molar-refractivity contribution in [2.75, 3.05) is 0 Å². The Hall–Kier alpha value is -3.25. The van der Waals surface area contributed by atoms with Crippen molar-refractivity contribution in [3.8, 4) is 16.9 Å². The molecule has 1 atom stereocenters. The van der Waals surface area contributed by atoms with Gasteiger partial charge in [-0.1, -0.05) is 77.8 Å². The van der Waals surface area contributed by atoms with E-state index >= 15 is 0 Å². The molecule has 5 aromatic rings. The van der Waals surface area contributed by atoms with E-state index in [1.165, 1.54) is 0 Å². The van der Waals surface area contributed by atoms with E-state index in [2.05, 4.69) is 9.97 Å². The second-order valence-electron chi connectivity index (χ2n) is 8.20. The summed E-state index contributed by atoms with van der Waals surface area (Å²) in [5.41, 5.74) is 11.8. The smallest absolute Gasteiger partial charge is 0.133 e. The van der Waals surface area contributed by atoms with Crippen molar-refractivity contribution in [2.24, 2.45) is 5.73 Å². The molecule has 0 bridgehead atoms. The quantitative estimate of drug-likeness (QED) is 0.329. The zero-order valence-electron chi connectivity index (χ0n) is 17.9. The summed E-state index contributed by atoms with van der Waals surface area (Å²) < 4.78 is 1.82. The van der Waals surface area contributed by atoms with Crippen LogP contribution in [0.2, 0.25) is 10.0 Å². The number of nitrogens with two attached hydrogens (primary N) is 1. The Labute approximate surface area is 201 Å². The zero-order valence-corrected chi connectivity index (χ0v) is 19.4. The number of para-hydroxylation sites is 1. The first-order chi connectivity index (χ1) is 15.9. The summed E-state index contributed by atoms with van der Waals surface area (Å²) in [6.07, 6.45) is 2.06. The standard InChI is InChI=1S/C26H21Cl2N5/c1-26(29,18-7-3-2-4-8-18)15-21-23-24(31-16-30-21)25(17-11-13-19(27)14-12-17)33(32-23)22-10-6-5-9-20(22)28/h2-14,16H,15,29H2,1H3. The highest BCUT2D eigenvalue weighted by atomic mass is 35.5. The van der Waals surface area contributed by atoms with Crippen molar-refractivity contribution in [2.45, 2.75) is 18.9 Å². The van der Waals surface area contributed by atoms with E-state index in [1.54, 1.807) is 6.33 Å². The van der Waals surface area contributed by atoms with Crippen molar-refractivity contribution >= 4 is 34.2 Å². The maximum atomic E-state index is 6.74. The number of benzene rings is 3. The van der Waals surface area contributed by atoms with Gasteiger partial charge in [-0.05, 0) is 36.8 Å². The maximum Gasteiger partial charge on any atom is 0.133 e. The third-order valence-corrected chi connectivity index (χ3v) is 6.27. The van der Waals surface area contributed by atoms with Gasteiger partial charge < -0.3 is 5.73 Å². The molecule has 1 unspecified atom stereocenters. The van der Waals surface area contributed by atoms with Crippen LogP contribution in [0, 0.1) is 0 Å². The topological polar surface area (TPSA) is 69.6 Å². The molecule has 5 nitrogen and oxygen atoms in total. The molecule has 0 amide bonds. The predicted molar refractivity (Wildman–Crippen MR) is 134 cm³/mol. The minimum atomic E-state index is -0.628. The van der Waals surface area contributed by atoms with Crippen LogP contribution < -0.4 is 5.73 Å². The first kappa shape index (κ1) is 21.6.